The van der Waals surface area contributed by atoms with Crippen LogP contribution in [0.25, 0.3) is 0 Å². The normalized spacial score (nSPS) is 17.4. The number of ether oxygens (including phenoxy) is 1. The summed E-state index contributed by atoms with van der Waals surface area (Å²) in [7, 11) is 0.191. The van der Waals surface area contributed by atoms with Gasteiger partial charge in [-0.1, -0.05) is 24.3 Å². The van der Waals surface area contributed by atoms with E-state index in [0.29, 0.717) is 12.5 Å². The molecular formula is C18H31IN4O3S. The molecule has 1 unspecified atom stereocenters. The van der Waals surface area contributed by atoms with Crippen LogP contribution in [0.1, 0.15) is 24.5 Å². The maximum absolute atomic E-state index is 11.7. The van der Waals surface area contributed by atoms with Crippen molar-refractivity contribution in [2.24, 2.45) is 10.9 Å². The Bertz CT molecular complexity index is 706. The van der Waals surface area contributed by atoms with Crippen LogP contribution in [0.4, 0.5) is 0 Å². The molecule has 0 spiro atoms. The molecular weight excluding hydrogens is 479 g/mol. The molecule has 0 radical (unpaired) electrons. The van der Waals surface area contributed by atoms with Gasteiger partial charge in [-0.3, -0.25) is 0 Å². The van der Waals surface area contributed by atoms with Crippen LogP contribution in [-0.4, -0.2) is 59.7 Å². The molecule has 0 saturated carbocycles. The number of hydrogen-bond donors (Lipinski definition) is 2. The number of rotatable bonds is 8. The predicted molar refractivity (Wildman–Crippen MR) is 120 cm³/mol. The highest BCUT2D eigenvalue weighted by Crippen LogP contribution is 2.14. The molecule has 0 bridgehead atoms. The van der Waals surface area contributed by atoms with Crippen molar-refractivity contribution in [3.63, 3.8) is 0 Å². The van der Waals surface area contributed by atoms with Crippen molar-refractivity contribution < 1.29 is 13.2 Å². The lowest BCUT2D eigenvalue weighted by atomic mass is 10.1. The Morgan fingerprint density at radius 1 is 1.37 bits per heavy atom. The van der Waals surface area contributed by atoms with Crippen molar-refractivity contribution in [1.29, 1.82) is 0 Å². The molecule has 1 atom stereocenters. The van der Waals surface area contributed by atoms with E-state index in [0.717, 1.165) is 49.8 Å². The Labute approximate surface area is 180 Å². The summed E-state index contributed by atoms with van der Waals surface area (Å²) in [4.78, 5) is 6.85. The van der Waals surface area contributed by atoms with E-state index in [2.05, 4.69) is 14.9 Å². The fourth-order valence-electron chi connectivity index (χ4n) is 2.95. The summed E-state index contributed by atoms with van der Waals surface area (Å²) < 4.78 is 31.2. The third-order valence-electron chi connectivity index (χ3n) is 4.32. The van der Waals surface area contributed by atoms with E-state index in [9.17, 15) is 8.42 Å². The first-order valence-corrected chi connectivity index (χ1v) is 10.6. The minimum Gasteiger partial charge on any atom is -0.381 e. The highest BCUT2D eigenvalue weighted by molar-refractivity contribution is 14.0. The Hall–Kier alpha value is -0.910. The maximum Gasteiger partial charge on any atom is 0.215 e. The third kappa shape index (κ3) is 8.32. The molecule has 7 nitrogen and oxygen atoms in total. The average Bonchev–Trinajstić information content (AvgIpc) is 3.11. The summed E-state index contributed by atoms with van der Waals surface area (Å²) in [5.41, 5.74) is 1.75. The average molecular weight is 510 g/mol. The molecule has 1 saturated heterocycles. The van der Waals surface area contributed by atoms with E-state index >= 15 is 0 Å². The van der Waals surface area contributed by atoms with Crippen LogP contribution >= 0.6 is 24.0 Å². The number of benzene rings is 1. The molecule has 27 heavy (non-hydrogen) atoms. The quantitative estimate of drug-likeness (QED) is 0.317. The van der Waals surface area contributed by atoms with E-state index in [-0.39, 0.29) is 29.7 Å². The Balaban J connectivity index is 0.00000364. The monoisotopic (exact) mass is 510 g/mol. The maximum atomic E-state index is 11.7. The number of nitrogens with one attached hydrogen (secondary N) is 2. The van der Waals surface area contributed by atoms with Crippen LogP contribution < -0.4 is 10.0 Å². The molecule has 9 heteroatoms. The zero-order valence-electron chi connectivity index (χ0n) is 16.3. The number of nitrogens with zero attached hydrogens (tertiary/aromatic N) is 2. The SMILES string of the molecule is CCNC(=NCc1cccc(CS(=O)(=O)NC)c1)N(C)CC1CCOC1.I. The van der Waals surface area contributed by atoms with Gasteiger partial charge in [0.15, 0.2) is 5.96 Å². The lowest BCUT2D eigenvalue weighted by Gasteiger charge is -2.24. The van der Waals surface area contributed by atoms with E-state index in [1.165, 1.54) is 7.05 Å². The third-order valence-corrected chi connectivity index (χ3v) is 5.66. The number of halogens is 1. The van der Waals surface area contributed by atoms with Crippen LogP contribution in [0.3, 0.4) is 0 Å². The number of sulfonamides is 1. The van der Waals surface area contributed by atoms with Gasteiger partial charge in [-0.15, -0.1) is 24.0 Å². The van der Waals surface area contributed by atoms with E-state index in [1.807, 2.05) is 38.2 Å². The predicted octanol–water partition coefficient (Wildman–Crippen LogP) is 1.79. The van der Waals surface area contributed by atoms with E-state index < -0.39 is 10.0 Å². The molecule has 1 fully saturated rings. The largest absolute Gasteiger partial charge is 0.381 e. The highest BCUT2D eigenvalue weighted by atomic mass is 127. The fraction of sp³-hybridized carbons (Fsp3) is 0.611. The minimum absolute atomic E-state index is 0. The minimum atomic E-state index is -3.27. The van der Waals surface area contributed by atoms with E-state index in [1.54, 1.807) is 0 Å². The van der Waals surface area contributed by atoms with Crippen LogP contribution in [-0.2, 0) is 27.1 Å². The smallest absolute Gasteiger partial charge is 0.215 e. The van der Waals surface area contributed by atoms with Crippen molar-refractivity contribution in [2.45, 2.75) is 25.6 Å². The topological polar surface area (TPSA) is 83.0 Å². The molecule has 1 aromatic rings. The standard InChI is InChI=1S/C18H30N4O3S.HI/c1-4-20-18(22(3)12-17-8-9-25-13-17)21-11-15-6-5-7-16(10-15)14-26(23,24)19-2;/h5-7,10,17,19H,4,8-9,11-14H2,1-3H3,(H,20,21);1H. The summed E-state index contributed by atoms with van der Waals surface area (Å²) in [6.45, 7) is 5.91. The van der Waals surface area contributed by atoms with Gasteiger partial charge in [0.1, 0.15) is 0 Å². The van der Waals surface area contributed by atoms with Gasteiger partial charge in [0, 0.05) is 32.7 Å². The van der Waals surface area contributed by atoms with E-state index in [4.69, 9.17) is 9.73 Å². The van der Waals surface area contributed by atoms with Crippen LogP contribution in [0.15, 0.2) is 29.3 Å². The zero-order chi connectivity index (χ0) is 19.0. The molecule has 0 amide bonds. The molecule has 1 aliphatic heterocycles. The van der Waals surface area contributed by atoms with Crippen LogP contribution in [0, 0.1) is 5.92 Å². The summed E-state index contributed by atoms with van der Waals surface area (Å²) in [5, 5.41) is 3.32. The van der Waals surface area contributed by atoms with Gasteiger partial charge in [-0.05, 0) is 31.5 Å². The van der Waals surface area contributed by atoms with Crippen LogP contribution in [0.5, 0.6) is 0 Å². The van der Waals surface area contributed by atoms with Crippen molar-refractivity contribution in [3.05, 3.63) is 35.4 Å². The zero-order valence-corrected chi connectivity index (χ0v) is 19.4. The first-order valence-electron chi connectivity index (χ1n) is 8.99. The lowest BCUT2D eigenvalue weighted by Crippen LogP contribution is -2.41. The molecule has 1 heterocycles. The fourth-order valence-corrected chi connectivity index (χ4v) is 3.71. The first kappa shape index (κ1) is 24.1. The second-order valence-corrected chi connectivity index (χ2v) is 8.49. The Morgan fingerprint density at radius 3 is 2.74 bits per heavy atom. The second-order valence-electron chi connectivity index (χ2n) is 6.56. The van der Waals surface area contributed by atoms with Gasteiger partial charge in [-0.25, -0.2) is 18.1 Å². The van der Waals surface area contributed by atoms with Gasteiger partial charge in [0.2, 0.25) is 10.0 Å². The van der Waals surface area contributed by atoms with Crippen molar-refractivity contribution >= 4 is 40.0 Å². The van der Waals surface area contributed by atoms with Gasteiger partial charge in [0.05, 0.1) is 18.9 Å². The molecule has 0 aromatic heterocycles. The number of hydrogen-bond acceptors (Lipinski definition) is 4. The number of guanidine groups is 1. The summed E-state index contributed by atoms with van der Waals surface area (Å²) >= 11 is 0. The van der Waals surface area contributed by atoms with Crippen molar-refractivity contribution in [2.75, 3.05) is 40.4 Å². The van der Waals surface area contributed by atoms with Gasteiger partial charge in [-0.2, -0.15) is 0 Å². The molecule has 1 aliphatic rings. The summed E-state index contributed by atoms with van der Waals surface area (Å²) in [6.07, 6.45) is 1.09. The van der Waals surface area contributed by atoms with Gasteiger partial charge in [0.25, 0.3) is 0 Å². The molecule has 0 aliphatic carbocycles. The molecule has 1 aromatic carbocycles. The number of aliphatic imine (C=N–C) groups is 1. The highest BCUT2D eigenvalue weighted by Gasteiger charge is 2.19. The molecule has 154 valence electrons. The second kappa shape index (κ2) is 11.8. The lowest BCUT2D eigenvalue weighted by molar-refractivity contribution is 0.181. The summed E-state index contributed by atoms with van der Waals surface area (Å²) in [5.74, 6) is 1.37. The Morgan fingerprint density at radius 2 is 2.11 bits per heavy atom. The Kier molecular flexibility index (Phi) is 10.6. The van der Waals surface area contributed by atoms with Crippen molar-refractivity contribution in [1.82, 2.24) is 14.9 Å². The van der Waals surface area contributed by atoms with Gasteiger partial charge >= 0.3 is 0 Å². The van der Waals surface area contributed by atoms with Crippen molar-refractivity contribution in [3.8, 4) is 0 Å². The molecule has 2 N–H and O–H groups in total. The van der Waals surface area contributed by atoms with Gasteiger partial charge < -0.3 is 15.0 Å². The molecule has 2 rings (SSSR count). The summed E-state index contributed by atoms with van der Waals surface area (Å²) in [6, 6.07) is 7.55. The first-order chi connectivity index (χ1) is 12.4. The van der Waals surface area contributed by atoms with Crippen LogP contribution in [0.2, 0.25) is 0 Å².